The third kappa shape index (κ3) is 3.72. The lowest BCUT2D eigenvalue weighted by Crippen LogP contribution is -2.08. The molecule has 1 heterocycles. The fraction of sp³-hybridized carbons (Fsp3) is 0.333. The standard InChI is InChI=1S/C12H15ClN4O/c1-14-8-11-9-17(16-15-11)6-7-18-12-4-2-10(13)3-5-12/h2-5,9,14H,6-8H2,1H3. The van der Waals surface area contributed by atoms with Crippen molar-refractivity contribution < 1.29 is 4.74 Å². The molecule has 1 N–H and O–H groups in total. The van der Waals surface area contributed by atoms with Gasteiger partial charge in [-0.2, -0.15) is 0 Å². The van der Waals surface area contributed by atoms with E-state index in [1.54, 1.807) is 16.8 Å². The minimum absolute atomic E-state index is 0.546. The molecule has 2 rings (SSSR count). The van der Waals surface area contributed by atoms with Crippen molar-refractivity contribution in [2.45, 2.75) is 13.1 Å². The molecule has 96 valence electrons. The highest BCUT2D eigenvalue weighted by molar-refractivity contribution is 6.30. The number of benzene rings is 1. The maximum absolute atomic E-state index is 5.79. The molecular weight excluding hydrogens is 252 g/mol. The van der Waals surface area contributed by atoms with Crippen LogP contribution >= 0.6 is 11.6 Å². The Balaban J connectivity index is 1.79. The molecule has 0 atom stereocenters. The Morgan fingerprint density at radius 3 is 2.83 bits per heavy atom. The molecule has 6 heteroatoms. The predicted molar refractivity (Wildman–Crippen MR) is 69.7 cm³/mol. The fourth-order valence-corrected chi connectivity index (χ4v) is 1.62. The van der Waals surface area contributed by atoms with Crippen LogP contribution in [0.25, 0.3) is 0 Å². The van der Waals surface area contributed by atoms with Crippen molar-refractivity contribution >= 4 is 11.6 Å². The topological polar surface area (TPSA) is 52.0 Å². The highest BCUT2D eigenvalue weighted by atomic mass is 35.5. The molecule has 0 unspecified atom stereocenters. The lowest BCUT2D eigenvalue weighted by molar-refractivity contribution is 0.289. The SMILES string of the molecule is CNCc1cn(CCOc2ccc(Cl)cc2)nn1. The van der Waals surface area contributed by atoms with Crippen LogP contribution in [0, 0.1) is 0 Å². The number of nitrogens with zero attached hydrogens (tertiary/aromatic N) is 3. The van der Waals surface area contributed by atoms with Crippen LogP contribution in [-0.4, -0.2) is 28.6 Å². The molecule has 0 aliphatic heterocycles. The maximum atomic E-state index is 5.79. The summed E-state index contributed by atoms with van der Waals surface area (Å²) in [6.45, 7) is 1.93. The van der Waals surface area contributed by atoms with Gasteiger partial charge in [0.2, 0.25) is 0 Å². The van der Waals surface area contributed by atoms with Gasteiger partial charge >= 0.3 is 0 Å². The molecule has 0 amide bonds. The number of halogens is 1. The second kappa shape index (κ2) is 6.37. The molecule has 0 fully saturated rings. The molecule has 1 aromatic heterocycles. The fourth-order valence-electron chi connectivity index (χ4n) is 1.50. The summed E-state index contributed by atoms with van der Waals surface area (Å²) in [5.41, 5.74) is 0.920. The molecule has 2 aromatic rings. The van der Waals surface area contributed by atoms with Crippen molar-refractivity contribution in [3.63, 3.8) is 0 Å². The second-order valence-corrected chi connectivity index (χ2v) is 4.24. The van der Waals surface area contributed by atoms with E-state index in [0.29, 0.717) is 18.2 Å². The minimum Gasteiger partial charge on any atom is -0.492 e. The summed E-state index contributed by atoms with van der Waals surface area (Å²) in [4.78, 5) is 0. The van der Waals surface area contributed by atoms with Crippen molar-refractivity contribution in [2.24, 2.45) is 0 Å². The van der Waals surface area contributed by atoms with Crippen molar-refractivity contribution in [1.82, 2.24) is 20.3 Å². The average Bonchev–Trinajstić information content (AvgIpc) is 2.80. The Morgan fingerprint density at radius 2 is 2.11 bits per heavy atom. The van der Waals surface area contributed by atoms with Crippen LogP contribution in [0.1, 0.15) is 5.69 Å². The molecule has 0 radical (unpaired) electrons. The summed E-state index contributed by atoms with van der Waals surface area (Å²) >= 11 is 5.79. The van der Waals surface area contributed by atoms with Gasteiger partial charge in [-0.1, -0.05) is 16.8 Å². The van der Waals surface area contributed by atoms with Gasteiger partial charge in [0.15, 0.2) is 0 Å². The second-order valence-electron chi connectivity index (χ2n) is 3.81. The van der Waals surface area contributed by atoms with Crippen LogP contribution in [-0.2, 0) is 13.1 Å². The van der Waals surface area contributed by atoms with Crippen LogP contribution in [0.4, 0.5) is 0 Å². The largest absolute Gasteiger partial charge is 0.492 e. The highest BCUT2D eigenvalue weighted by Crippen LogP contribution is 2.15. The Kier molecular flexibility index (Phi) is 4.55. The molecular formula is C12H15ClN4O. The van der Waals surface area contributed by atoms with Crippen LogP contribution in [0.3, 0.4) is 0 Å². The van der Waals surface area contributed by atoms with E-state index < -0.39 is 0 Å². The first-order valence-corrected chi connectivity index (χ1v) is 6.07. The Labute approximate surface area is 111 Å². The monoisotopic (exact) mass is 266 g/mol. The van der Waals surface area contributed by atoms with Gasteiger partial charge in [0.25, 0.3) is 0 Å². The van der Waals surface area contributed by atoms with Crippen LogP contribution in [0.2, 0.25) is 5.02 Å². The van der Waals surface area contributed by atoms with Crippen molar-refractivity contribution in [3.8, 4) is 5.75 Å². The van der Waals surface area contributed by atoms with E-state index in [1.165, 1.54) is 0 Å². The Bertz CT molecular complexity index is 483. The first-order chi connectivity index (χ1) is 8.78. The van der Waals surface area contributed by atoms with Crippen LogP contribution in [0.5, 0.6) is 5.75 Å². The normalized spacial score (nSPS) is 10.6. The first kappa shape index (κ1) is 12.9. The zero-order valence-corrected chi connectivity index (χ0v) is 10.9. The van der Waals surface area contributed by atoms with Crippen LogP contribution in [0.15, 0.2) is 30.5 Å². The van der Waals surface area contributed by atoms with E-state index in [0.717, 1.165) is 18.0 Å². The predicted octanol–water partition coefficient (Wildman–Crippen LogP) is 1.73. The van der Waals surface area contributed by atoms with Gasteiger partial charge in [0, 0.05) is 17.8 Å². The highest BCUT2D eigenvalue weighted by Gasteiger charge is 2.00. The van der Waals surface area contributed by atoms with Crippen LogP contribution < -0.4 is 10.1 Å². The number of ether oxygens (including phenoxy) is 1. The van der Waals surface area contributed by atoms with Crippen molar-refractivity contribution in [2.75, 3.05) is 13.7 Å². The zero-order chi connectivity index (χ0) is 12.8. The molecule has 5 nitrogen and oxygen atoms in total. The Hall–Kier alpha value is -1.59. The summed E-state index contributed by atoms with van der Waals surface area (Å²) in [5, 5.41) is 11.8. The van der Waals surface area contributed by atoms with Gasteiger partial charge in [0.05, 0.1) is 12.2 Å². The van der Waals surface area contributed by atoms with Gasteiger partial charge in [-0.05, 0) is 31.3 Å². The molecule has 0 aliphatic carbocycles. The maximum Gasteiger partial charge on any atom is 0.119 e. The van der Waals surface area contributed by atoms with Crippen molar-refractivity contribution in [3.05, 3.63) is 41.2 Å². The lowest BCUT2D eigenvalue weighted by atomic mass is 10.3. The van der Waals surface area contributed by atoms with E-state index in [-0.39, 0.29) is 0 Å². The Morgan fingerprint density at radius 1 is 1.33 bits per heavy atom. The summed E-state index contributed by atoms with van der Waals surface area (Å²) < 4.78 is 7.34. The van der Waals surface area contributed by atoms with Gasteiger partial charge in [-0.3, -0.25) is 0 Å². The smallest absolute Gasteiger partial charge is 0.119 e. The summed E-state index contributed by atoms with van der Waals surface area (Å²) in [6, 6.07) is 7.29. The number of rotatable bonds is 6. The number of nitrogens with one attached hydrogen (secondary N) is 1. The van der Waals surface area contributed by atoms with Gasteiger partial charge in [-0.25, -0.2) is 4.68 Å². The molecule has 18 heavy (non-hydrogen) atoms. The number of hydrogen-bond donors (Lipinski definition) is 1. The number of aromatic nitrogens is 3. The molecule has 0 saturated carbocycles. The first-order valence-electron chi connectivity index (χ1n) is 5.70. The lowest BCUT2D eigenvalue weighted by Gasteiger charge is -2.05. The molecule has 0 saturated heterocycles. The minimum atomic E-state index is 0.546. The molecule has 1 aromatic carbocycles. The average molecular weight is 267 g/mol. The molecule has 0 spiro atoms. The number of hydrogen-bond acceptors (Lipinski definition) is 4. The third-order valence-electron chi connectivity index (χ3n) is 2.35. The summed E-state index contributed by atoms with van der Waals surface area (Å²) in [5.74, 6) is 0.801. The molecule has 0 bridgehead atoms. The van der Waals surface area contributed by atoms with E-state index >= 15 is 0 Å². The third-order valence-corrected chi connectivity index (χ3v) is 2.60. The molecule has 0 aliphatic rings. The van der Waals surface area contributed by atoms with E-state index in [1.807, 2.05) is 25.4 Å². The zero-order valence-electron chi connectivity index (χ0n) is 10.1. The van der Waals surface area contributed by atoms with Gasteiger partial charge in [-0.15, -0.1) is 5.10 Å². The van der Waals surface area contributed by atoms with Gasteiger partial charge in [0.1, 0.15) is 12.4 Å². The van der Waals surface area contributed by atoms with Crippen molar-refractivity contribution in [1.29, 1.82) is 0 Å². The van der Waals surface area contributed by atoms with E-state index in [9.17, 15) is 0 Å². The summed E-state index contributed by atoms with van der Waals surface area (Å²) in [7, 11) is 1.88. The summed E-state index contributed by atoms with van der Waals surface area (Å²) in [6.07, 6.45) is 1.90. The quantitative estimate of drug-likeness (QED) is 0.865. The van der Waals surface area contributed by atoms with Gasteiger partial charge < -0.3 is 10.1 Å². The van der Waals surface area contributed by atoms with E-state index in [2.05, 4.69) is 15.6 Å². The van der Waals surface area contributed by atoms with E-state index in [4.69, 9.17) is 16.3 Å².